The quantitative estimate of drug-likeness (QED) is 0.877. The molecule has 1 heterocycles. The fourth-order valence-corrected chi connectivity index (χ4v) is 1.62. The van der Waals surface area contributed by atoms with Gasteiger partial charge < -0.3 is 10.5 Å². The number of nitrogen functional groups attached to an aromatic ring is 1. The molecule has 0 aliphatic carbocycles. The maximum absolute atomic E-state index is 12.5. The van der Waals surface area contributed by atoms with Crippen LogP contribution in [0.5, 0.6) is 5.75 Å². The van der Waals surface area contributed by atoms with Gasteiger partial charge >= 0.3 is 6.18 Å². The van der Waals surface area contributed by atoms with E-state index in [0.717, 1.165) is 17.2 Å². The molecule has 0 aliphatic rings. The monoisotopic (exact) mass is 285 g/mol. The molecule has 0 saturated carbocycles. The molecule has 0 fully saturated rings. The second kappa shape index (κ2) is 5.44. The Morgan fingerprint density at radius 3 is 2.65 bits per heavy atom. The lowest BCUT2D eigenvalue weighted by Gasteiger charge is -2.10. The van der Waals surface area contributed by atoms with Crippen LogP contribution in [0.1, 0.15) is 19.0 Å². The lowest BCUT2D eigenvalue weighted by Crippen LogP contribution is -2.07. The van der Waals surface area contributed by atoms with Gasteiger partial charge in [0, 0.05) is 12.3 Å². The van der Waals surface area contributed by atoms with E-state index in [1.807, 2.05) is 6.92 Å². The number of rotatable bonds is 4. The molecule has 108 valence electrons. The molecule has 2 rings (SSSR count). The molecule has 0 saturated heterocycles. The first-order valence-electron chi connectivity index (χ1n) is 6.07. The van der Waals surface area contributed by atoms with Gasteiger partial charge in [-0.2, -0.15) is 18.3 Å². The molecule has 20 heavy (non-hydrogen) atoms. The van der Waals surface area contributed by atoms with Crippen molar-refractivity contribution in [1.82, 2.24) is 9.78 Å². The molecule has 0 radical (unpaired) electrons. The van der Waals surface area contributed by atoms with Crippen molar-refractivity contribution in [3.05, 3.63) is 36.2 Å². The molecule has 0 amide bonds. The third-order valence-corrected chi connectivity index (χ3v) is 2.60. The van der Waals surface area contributed by atoms with E-state index in [1.54, 1.807) is 18.2 Å². The summed E-state index contributed by atoms with van der Waals surface area (Å²) >= 11 is 0. The van der Waals surface area contributed by atoms with Gasteiger partial charge in [0.1, 0.15) is 5.75 Å². The summed E-state index contributed by atoms with van der Waals surface area (Å²) in [5, 5.41) is 3.50. The second-order valence-corrected chi connectivity index (χ2v) is 4.21. The van der Waals surface area contributed by atoms with Gasteiger partial charge in [0.2, 0.25) is 0 Å². The fourth-order valence-electron chi connectivity index (χ4n) is 1.62. The molecule has 0 bridgehead atoms. The van der Waals surface area contributed by atoms with Crippen LogP contribution in [0.25, 0.3) is 5.69 Å². The highest BCUT2D eigenvalue weighted by atomic mass is 19.4. The summed E-state index contributed by atoms with van der Waals surface area (Å²) < 4.78 is 44.1. The number of ether oxygens (including phenoxy) is 1. The number of alkyl halides is 3. The molecule has 7 heteroatoms. The summed E-state index contributed by atoms with van der Waals surface area (Å²) in [5.74, 6) is 0.438. The van der Waals surface area contributed by atoms with Crippen molar-refractivity contribution in [2.75, 3.05) is 12.3 Å². The Balaban J connectivity index is 2.31. The smallest absolute Gasteiger partial charge is 0.435 e. The first-order chi connectivity index (χ1) is 9.41. The lowest BCUT2D eigenvalue weighted by atomic mass is 10.2. The molecule has 1 aromatic heterocycles. The van der Waals surface area contributed by atoms with Gasteiger partial charge in [-0.3, -0.25) is 0 Å². The average Bonchev–Trinajstić information content (AvgIpc) is 2.87. The third-order valence-electron chi connectivity index (χ3n) is 2.60. The maximum atomic E-state index is 12.5. The van der Waals surface area contributed by atoms with Crippen LogP contribution in [0, 0.1) is 0 Å². The zero-order valence-corrected chi connectivity index (χ0v) is 10.8. The van der Waals surface area contributed by atoms with E-state index >= 15 is 0 Å². The Labute approximate surface area is 114 Å². The molecule has 0 aliphatic heterocycles. The van der Waals surface area contributed by atoms with Crippen LogP contribution >= 0.6 is 0 Å². The number of nitrogens with two attached hydrogens (primary N) is 1. The summed E-state index contributed by atoms with van der Waals surface area (Å²) in [6, 6.07) is 5.65. The predicted molar refractivity (Wildman–Crippen MR) is 68.8 cm³/mol. The Morgan fingerprint density at radius 2 is 2.05 bits per heavy atom. The van der Waals surface area contributed by atoms with Crippen LogP contribution in [0.15, 0.2) is 30.5 Å². The zero-order chi connectivity index (χ0) is 14.8. The van der Waals surface area contributed by atoms with Crippen LogP contribution in [-0.4, -0.2) is 16.4 Å². The molecule has 0 spiro atoms. The second-order valence-electron chi connectivity index (χ2n) is 4.21. The van der Waals surface area contributed by atoms with Crippen molar-refractivity contribution >= 4 is 5.69 Å². The summed E-state index contributed by atoms with van der Waals surface area (Å²) in [6.07, 6.45) is -2.40. The van der Waals surface area contributed by atoms with Crippen molar-refractivity contribution < 1.29 is 17.9 Å². The molecule has 0 atom stereocenters. The third kappa shape index (κ3) is 3.04. The van der Waals surface area contributed by atoms with Gasteiger partial charge in [0.25, 0.3) is 0 Å². The highest BCUT2D eigenvalue weighted by Crippen LogP contribution is 2.29. The van der Waals surface area contributed by atoms with Gasteiger partial charge in [-0.1, -0.05) is 6.92 Å². The summed E-state index contributed by atoms with van der Waals surface area (Å²) in [7, 11) is 0. The fraction of sp³-hybridized carbons (Fsp3) is 0.308. The molecule has 4 nitrogen and oxygen atoms in total. The minimum atomic E-state index is -4.46. The van der Waals surface area contributed by atoms with E-state index < -0.39 is 11.9 Å². The van der Waals surface area contributed by atoms with Crippen LogP contribution in [-0.2, 0) is 6.18 Å². The predicted octanol–water partition coefficient (Wildman–Crippen LogP) is 3.26. The Morgan fingerprint density at radius 1 is 1.30 bits per heavy atom. The van der Waals surface area contributed by atoms with E-state index in [-0.39, 0.29) is 0 Å². The Bertz CT molecular complexity index is 593. The van der Waals surface area contributed by atoms with Gasteiger partial charge in [-0.05, 0) is 24.6 Å². The van der Waals surface area contributed by atoms with E-state index in [0.29, 0.717) is 23.7 Å². The van der Waals surface area contributed by atoms with Crippen molar-refractivity contribution in [3.63, 3.8) is 0 Å². The summed E-state index contributed by atoms with van der Waals surface area (Å²) in [5.41, 5.74) is 5.70. The molecular formula is C13H14F3N3O. The molecule has 2 aromatic rings. The number of anilines is 1. The number of benzene rings is 1. The SMILES string of the molecule is CCCOc1cc(-n2ccc(C(F)(F)F)n2)ccc1N. The van der Waals surface area contributed by atoms with Gasteiger partial charge in [0.05, 0.1) is 18.0 Å². The van der Waals surface area contributed by atoms with Crippen LogP contribution in [0.3, 0.4) is 0 Å². The van der Waals surface area contributed by atoms with Crippen molar-refractivity contribution in [2.24, 2.45) is 0 Å². The van der Waals surface area contributed by atoms with E-state index in [9.17, 15) is 13.2 Å². The number of aromatic nitrogens is 2. The van der Waals surface area contributed by atoms with Crippen LogP contribution in [0.2, 0.25) is 0 Å². The Hall–Kier alpha value is -2.18. The van der Waals surface area contributed by atoms with Crippen LogP contribution in [0.4, 0.5) is 18.9 Å². The highest BCUT2D eigenvalue weighted by Gasteiger charge is 2.33. The molecule has 1 aromatic carbocycles. The minimum Gasteiger partial charge on any atom is -0.491 e. The summed E-state index contributed by atoms with van der Waals surface area (Å²) in [4.78, 5) is 0. The minimum absolute atomic E-state index is 0.436. The summed E-state index contributed by atoms with van der Waals surface area (Å²) in [6.45, 7) is 2.43. The van der Waals surface area contributed by atoms with E-state index in [4.69, 9.17) is 10.5 Å². The van der Waals surface area contributed by atoms with Gasteiger partial charge in [0.15, 0.2) is 5.69 Å². The molecular weight excluding hydrogens is 271 g/mol. The molecule has 0 unspecified atom stereocenters. The Kier molecular flexibility index (Phi) is 3.87. The van der Waals surface area contributed by atoms with Crippen molar-refractivity contribution in [1.29, 1.82) is 0 Å². The number of nitrogens with zero attached hydrogens (tertiary/aromatic N) is 2. The number of hydrogen-bond donors (Lipinski definition) is 1. The van der Waals surface area contributed by atoms with Gasteiger partial charge in [-0.15, -0.1) is 0 Å². The normalized spacial score (nSPS) is 11.6. The van der Waals surface area contributed by atoms with E-state index in [2.05, 4.69) is 5.10 Å². The number of halogens is 3. The molecule has 2 N–H and O–H groups in total. The maximum Gasteiger partial charge on any atom is 0.435 e. The standard InChI is InChI=1S/C13H14F3N3O/c1-2-7-20-11-8-9(3-4-10(11)17)19-6-5-12(18-19)13(14,15)16/h3-6,8H,2,7,17H2,1H3. The highest BCUT2D eigenvalue weighted by molar-refractivity contribution is 5.57. The van der Waals surface area contributed by atoms with Crippen molar-refractivity contribution in [2.45, 2.75) is 19.5 Å². The number of hydrogen-bond acceptors (Lipinski definition) is 3. The van der Waals surface area contributed by atoms with Gasteiger partial charge in [-0.25, -0.2) is 4.68 Å². The first-order valence-corrected chi connectivity index (χ1v) is 6.07. The van der Waals surface area contributed by atoms with E-state index in [1.165, 1.54) is 6.20 Å². The first kappa shape index (κ1) is 14.2. The lowest BCUT2D eigenvalue weighted by molar-refractivity contribution is -0.141. The zero-order valence-electron chi connectivity index (χ0n) is 10.8. The largest absolute Gasteiger partial charge is 0.491 e. The average molecular weight is 285 g/mol. The van der Waals surface area contributed by atoms with Crippen molar-refractivity contribution in [3.8, 4) is 11.4 Å². The van der Waals surface area contributed by atoms with Crippen LogP contribution < -0.4 is 10.5 Å². The topological polar surface area (TPSA) is 53.1 Å².